The summed E-state index contributed by atoms with van der Waals surface area (Å²) in [4.78, 5) is 11.7. The van der Waals surface area contributed by atoms with Crippen LogP contribution < -0.4 is 11.1 Å². The molecule has 112 valence electrons. The average Bonchev–Trinajstić information content (AvgIpc) is 2.37. The van der Waals surface area contributed by atoms with E-state index in [0.717, 1.165) is 0 Å². The number of hydrogen-bond acceptors (Lipinski definition) is 5. The summed E-state index contributed by atoms with van der Waals surface area (Å²) in [7, 11) is -2.37. The molecule has 0 aliphatic heterocycles. The number of carbonyl (C=O) groups excluding carboxylic acids is 1. The molecule has 20 heavy (non-hydrogen) atoms. The maximum atomic E-state index is 12.3. The first kappa shape index (κ1) is 16.7. The maximum absolute atomic E-state index is 12.3. The van der Waals surface area contributed by atoms with Gasteiger partial charge in [0, 0.05) is 18.7 Å². The Morgan fingerprint density at radius 1 is 1.50 bits per heavy atom. The predicted molar refractivity (Wildman–Crippen MR) is 77.4 cm³/mol. The quantitative estimate of drug-likeness (QED) is 0.598. The molecule has 0 spiro atoms. The van der Waals surface area contributed by atoms with Gasteiger partial charge in [-0.1, -0.05) is 11.6 Å². The number of methoxy groups -OCH3 is 1. The van der Waals surface area contributed by atoms with Gasteiger partial charge in [-0.05, 0) is 25.1 Å². The first-order valence-electron chi connectivity index (χ1n) is 5.86. The molecule has 1 amide bonds. The van der Waals surface area contributed by atoms with Crippen molar-refractivity contribution >= 4 is 33.0 Å². The molecular weight excluding hydrogens is 304 g/mol. The Morgan fingerprint density at radius 2 is 2.15 bits per heavy atom. The Hall–Kier alpha value is -1.31. The lowest BCUT2D eigenvalue weighted by molar-refractivity contribution is -0.120. The van der Waals surface area contributed by atoms with Crippen molar-refractivity contribution < 1.29 is 17.9 Å². The maximum Gasteiger partial charge on any atom is 0.238 e. The first-order chi connectivity index (χ1) is 9.30. The molecule has 1 unspecified atom stereocenters. The molecular formula is C12H17ClN2O4S. The molecule has 8 heteroatoms. The summed E-state index contributed by atoms with van der Waals surface area (Å²) < 4.78 is 29.4. The molecule has 6 nitrogen and oxygen atoms in total. The first-order valence-corrected chi connectivity index (χ1v) is 7.78. The van der Waals surface area contributed by atoms with Crippen LogP contribution in [0.2, 0.25) is 5.02 Å². The third-order valence-electron chi connectivity index (χ3n) is 2.72. The molecule has 1 aromatic rings. The van der Waals surface area contributed by atoms with Gasteiger partial charge in [-0.25, -0.2) is 8.42 Å². The van der Waals surface area contributed by atoms with E-state index in [1.165, 1.54) is 32.2 Å². The summed E-state index contributed by atoms with van der Waals surface area (Å²) in [5.41, 5.74) is 5.67. The molecule has 3 N–H and O–H groups in total. The third kappa shape index (κ3) is 3.84. The van der Waals surface area contributed by atoms with E-state index in [2.05, 4.69) is 5.32 Å². The van der Waals surface area contributed by atoms with Crippen LogP contribution in [0.4, 0.5) is 5.69 Å². The average molecular weight is 321 g/mol. The van der Waals surface area contributed by atoms with E-state index in [-0.39, 0.29) is 17.1 Å². The Balaban J connectivity index is 2.95. The largest absolute Gasteiger partial charge is 0.398 e. The molecule has 1 atom stereocenters. The number of nitrogen functional groups attached to an aromatic ring is 1. The van der Waals surface area contributed by atoms with Crippen LogP contribution in [0.15, 0.2) is 23.1 Å². The van der Waals surface area contributed by atoms with E-state index < -0.39 is 21.0 Å². The second-order valence-electron chi connectivity index (χ2n) is 4.15. The van der Waals surface area contributed by atoms with Gasteiger partial charge in [0.05, 0.1) is 17.2 Å². The second kappa shape index (κ2) is 6.92. The lowest BCUT2D eigenvalue weighted by Gasteiger charge is -2.14. The van der Waals surface area contributed by atoms with Gasteiger partial charge in [0.2, 0.25) is 5.91 Å². The Morgan fingerprint density at radius 3 is 2.70 bits per heavy atom. The number of anilines is 1. The minimum absolute atomic E-state index is 0.0223. The summed E-state index contributed by atoms with van der Waals surface area (Å²) in [5, 5.41) is 1.56. The third-order valence-corrected chi connectivity index (χ3v) is 5.08. The molecule has 0 heterocycles. The molecule has 0 saturated heterocycles. The van der Waals surface area contributed by atoms with Crippen molar-refractivity contribution in [2.24, 2.45) is 0 Å². The molecule has 0 radical (unpaired) electrons. The van der Waals surface area contributed by atoms with Crippen LogP contribution in [0.1, 0.15) is 6.92 Å². The molecule has 1 aromatic carbocycles. The molecule has 0 aromatic heterocycles. The number of carbonyl (C=O) groups is 1. The molecule has 1 rings (SSSR count). The van der Waals surface area contributed by atoms with Gasteiger partial charge in [-0.3, -0.25) is 4.79 Å². The molecule has 0 fully saturated rings. The van der Waals surface area contributed by atoms with Crippen LogP contribution in [0.5, 0.6) is 0 Å². The Kier molecular flexibility index (Phi) is 5.79. The summed E-state index contributed by atoms with van der Waals surface area (Å²) in [6.45, 7) is 1.86. The number of nitrogens with one attached hydrogen (secondary N) is 1. The summed E-state index contributed by atoms with van der Waals surface area (Å²) >= 11 is 5.73. The van der Waals surface area contributed by atoms with Gasteiger partial charge < -0.3 is 15.8 Å². The number of nitrogens with two attached hydrogens (primary N) is 1. The van der Waals surface area contributed by atoms with E-state index in [0.29, 0.717) is 11.6 Å². The monoisotopic (exact) mass is 320 g/mol. The van der Waals surface area contributed by atoms with Crippen molar-refractivity contribution in [2.45, 2.75) is 17.1 Å². The number of sulfone groups is 1. The van der Waals surface area contributed by atoms with Crippen molar-refractivity contribution in [3.8, 4) is 0 Å². The van der Waals surface area contributed by atoms with E-state index in [1.54, 1.807) is 0 Å². The van der Waals surface area contributed by atoms with Crippen LogP contribution in [-0.2, 0) is 19.4 Å². The second-order valence-corrected chi connectivity index (χ2v) is 6.83. The van der Waals surface area contributed by atoms with Crippen LogP contribution in [0.25, 0.3) is 0 Å². The lowest BCUT2D eigenvalue weighted by atomic mass is 10.3. The zero-order valence-electron chi connectivity index (χ0n) is 11.2. The molecule has 0 saturated carbocycles. The van der Waals surface area contributed by atoms with Gasteiger partial charge in [-0.2, -0.15) is 0 Å². The van der Waals surface area contributed by atoms with Crippen LogP contribution in [0.3, 0.4) is 0 Å². The zero-order valence-corrected chi connectivity index (χ0v) is 12.8. The highest BCUT2D eigenvalue weighted by Gasteiger charge is 2.31. The number of halogens is 1. The zero-order chi connectivity index (χ0) is 15.3. The summed E-state index contributed by atoms with van der Waals surface area (Å²) in [6, 6.07) is 4.05. The fourth-order valence-electron chi connectivity index (χ4n) is 1.53. The Labute approximate surface area is 123 Å². The van der Waals surface area contributed by atoms with Crippen molar-refractivity contribution in [3.05, 3.63) is 23.2 Å². The highest BCUT2D eigenvalue weighted by Crippen LogP contribution is 2.25. The van der Waals surface area contributed by atoms with Crippen LogP contribution in [0, 0.1) is 0 Å². The fraction of sp³-hybridized carbons (Fsp3) is 0.417. The number of benzene rings is 1. The number of hydrogen-bond donors (Lipinski definition) is 2. The highest BCUT2D eigenvalue weighted by molar-refractivity contribution is 7.93. The lowest BCUT2D eigenvalue weighted by Crippen LogP contribution is -2.39. The number of amides is 1. The van der Waals surface area contributed by atoms with Gasteiger partial charge >= 0.3 is 0 Å². The van der Waals surface area contributed by atoms with Crippen molar-refractivity contribution in [1.29, 1.82) is 0 Å². The Bertz CT molecular complexity index is 589. The standard InChI is InChI=1S/C12H17ClN2O4S/c1-8(12(16)15-5-6-19-2)20(17,18)11-4-3-9(13)7-10(11)14/h3-4,7-8H,5-6,14H2,1-2H3,(H,15,16). The van der Waals surface area contributed by atoms with Crippen LogP contribution in [-0.4, -0.2) is 39.8 Å². The van der Waals surface area contributed by atoms with Crippen molar-refractivity contribution in [1.82, 2.24) is 5.32 Å². The normalized spacial score (nSPS) is 12.9. The van der Waals surface area contributed by atoms with Gasteiger partial charge in [0.25, 0.3) is 0 Å². The van der Waals surface area contributed by atoms with Gasteiger partial charge in [0.15, 0.2) is 9.84 Å². The molecule has 0 aliphatic rings. The number of rotatable bonds is 6. The summed E-state index contributed by atoms with van der Waals surface area (Å²) in [5.74, 6) is -0.601. The highest BCUT2D eigenvalue weighted by atomic mass is 35.5. The molecule has 0 aliphatic carbocycles. The topological polar surface area (TPSA) is 98.5 Å². The van der Waals surface area contributed by atoms with E-state index >= 15 is 0 Å². The van der Waals surface area contributed by atoms with E-state index in [4.69, 9.17) is 22.1 Å². The minimum Gasteiger partial charge on any atom is -0.398 e. The smallest absolute Gasteiger partial charge is 0.238 e. The predicted octanol–water partition coefficient (Wildman–Crippen LogP) is 0.847. The summed E-state index contributed by atoms with van der Waals surface area (Å²) in [6.07, 6.45) is 0. The van der Waals surface area contributed by atoms with Crippen molar-refractivity contribution in [2.75, 3.05) is 26.0 Å². The fourth-order valence-corrected chi connectivity index (χ4v) is 3.10. The SMILES string of the molecule is COCCNC(=O)C(C)S(=O)(=O)c1ccc(Cl)cc1N. The van der Waals surface area contributed by atoms with E-state index in [9.17, 15) is 13.2 Å². The van der Waals surface area contributed by atoms with Gasteiger partial charge in [-0.15, -0.1) is 0 Å². The number of ether oxygens (including phenoxy) is 1. The van der Waals surface area contributed by atoms with Gasteiger partial charge in [0.1, 0.15) is 5.25 Å². The van der Waals surface area contributed by atoms with Crippen LogP contribution >= 0.6 is 11.6 Å². The minimum atomic E-state index is -3.86. The molecule has 0 bridgehead atoms. The van der Waals surface area contributed by atoms with Crippen molar-refractivity contribution in [3.63, 3.8) is 0 Å². The van der Waals surface area contributed by atoms with E-state index in [1.807, 2.05) is 0 Å².